The highest BCUT2D eigenvalue weighted by Gasteiger charge is 2.08. The SMILES string of the molecule is CCNCC(O)c1ccc(C)c(F)c1. The molecular weight excluding hydrogens is 181 g/mol. The molecule has 0 radical (unpaired) electrons. The second-order valence-electron chi connectivity index (χ2n) is 3.33. The molecule has 0 aliphatic rings. The number of benzene rings is 1. The average Bonchev–Trinajstić information content (AvgIpc) is 2.18. The van der Waals surface area contributed by atoms with Gasteiger partial charge in [0, 0.05) is 6.54 Å². The fourth-order valence-electron chi connectivity index (χ4n) is 1.22. The van der Waals surface area contributed by atoms with Crippen LogP contribution >= 0.6 is 0 Å². The molecule has 2 nitrogen and oxygen atoms in total. The van der Waals surface area contributed by atoms with Crippen molar-refractivity contribution in [2.24, 2.45) is 0 Å². The van der Waals surface area contributed by atoms with Gasteiger partial charge in [0.2, 0.25) is 0 Å². The Kier molecular flexibility index (Phi) is 4.04. The molecule has 2 N–H and O–H groups in total. The smallest absolute Gasteiger partial charge is 0.126 e. The molecule has 0 bridgehead atoms. The van der Waals surface area contributed by atoms with E-state index < -0.39 is 6.10 Å². The monoisotopic (exact) mass is 197 g/mol. The number of aliphatic hydroxyl groups excluding tert-OH is 1. The number of hydrogen-bond donors (Lipinski definition) is 2. The lowest BCUT2D eigenvalue weighted by molar-refractivity contribution is 0.175. The summed E-state index contributed by atoms with van der Waals surface area (Å²) in [6.45, 7) is 4.92. The first-order valence-electron chi connectivity index (χ1n) is 4.80. The summed E-state index contributed by atoms with van der Waals surface area (Å²) in [5.74, 6) is -0.266. The zero-order valence-electron chi connectivity index (χ0n) is 8.55. The molecule has 14 heavy (non-hydrogen) atoms. The Bertz CT molecular complexity index is 301. The Labute approximate surface area is 83.8 Å². The van der Waals surface area contributed by atoms with E-state index >= 15 is 0 Å². The molecule has 1 atom stereocenters. The molecule has 0 aromatic heterocycles. The van der Waals surface area contributed by atoms with Crippen LogP contribution in [0.15, 0.2) is 18.2 Å². The first kappa shape index (κ1) is 11.1. The van der Waals surface area contributed by atoms with Crippen LogP contribution in [0.1, 0.15) is 24.2 Å². The lowest BCUT2D eigenvalue weighted by Crippen LogP contribution is -2.20. The van der Waals surface area contributed by atoms with E-state index in [1.807, 2.05) is 6.92 Å². The van der Waals surface area contributed by atoms with E-state index in [1.165, 1.54) is 6.07 Å². The molecule has 0 aliphatic heterocycles. The van der Waals surface area contributed by atoms with Crippen molar-refractivity contribution >= 4 is 0 Å². The van der Waals surface area contributed by atoms with Gasteiger partial charge in [-0.25, -0.2) is 4.39 Å². The second kappa shape index (κ2) is 5.08. The zero-order chi connectivity index (χ0) is 10.6. The van der Waals surface area contributed by atoms with Gasteiger partial charge in [0.1, 0.15) is 5.82 Å². The molecule has 0 saturated carbocycles. The molecule has 0 spiro atoms. The van der Waals surface area contributed by atoms with E-state index in [-0.39, 0.29) is 5.82 Å². The fraction of sp³-hybridized carbons (Fsp3) is 0.455. The van der Waals surface area contributed by atoms with Crippen molar-refractivity contribution in [3.8, 4) is 0 Å². The van der Waals surface area contributed by atoms with Crippen LogP contribution in [0.5, 0.6) is 0 Å². The standard InChI is InChI=1S/C11H16FNO/c1-3-13-7-11(14)9-5-4-8(2)10(12)6-9/h4-6,11,13-14H,3,7H2,1-2H3. The van der Waals surface area contributed by atoms with Crippen LogP contribution in [-0.2, 0) is 0 Å². The van der Waals surface area contributed by atoms with Gasteiger partial charge < -0.3 is 10.4 Å². The molecule has 0 aliphatic carbocycles. The third-order valence-corrected chi connectivity index (χ3v) is 2.17. The van der Waals surface area contributed by atoms with Crippen molar-refractivity contribution in [1.82, 2.24) is 5.32 Å². The normalized spacial score (nSPS) is 12.9. The van der Waals surface area contributed by atoms with Crippen LogP contribution in [0.25, 0.3) is 0 Å². The Hall–Kier alpha value is -0.930. The molecule has 1 aromatic carbocycles. The summed E-state index contributed by atoms with van der Waals surface area (Å²) in [5, 5.41) is 12.6. The van der Waals surface area contributed by atoms with Gasteiger partial charge in [0.15, 0.2) is 0 Å². The largest absolute Gasteiger partial charge is 0.387 e. The summed E-state index contributed by atoms with van der Waals surface area (Å²) >= 11 is 0. The van der Waals surface area contributed by atoms with Crippen molar-refractivity contribution < 1.29 is 9.50 Å². The van der Waals surface area contributed by atoms with Gasteiger partial charge in [-0.1, -0.05) is 19.1 Å². The van der Waals surface area contributed by atoms with Crippen molar-refractivity contribution in [2.45, 2.75) is 20.0 Å². The highest BCUT2D eigenvalue weighted by Crippen LogP contribution is 2.15. The van der Waals surface area contributed by atoms with Gasteiger partial charge in [0.25, 0.3) is 0 Å². The third-order valence-electron chi connectivity index (χ3n) is 2.17. The molecule has 0 amide bonds. The molecule has 1 rings (SSSR count). The summed E-state index contributed by atoms with van der Waals surface area (Å²) in [4.78, 5) is 0. The Morgan fingerprint density at radius 1 is 1.50 bits per heavy atom. The Morgan fingerprint density at radius 2 is 2.21 bits per heavy atom. The zero-order valence-corrected chi connectivity index (χ0v) is 8.55. The van der Waals surface area contributed by atoms with Crippen molar-refractivity contribution in [1.29, 1.82) is 0 Å². The molecule has 0 heterocycles. The number of hydrogen-bond acceptors (Lipinski definition) is 2. The minimum absolute atomic E-state index is 0.266. The Morgan fingerprint density at radius 3 is 2.79 bits per heavy atom. The maximum atomic E-state index is 13.1. The van der Waals surface area contributed by atoms with Crippen LogP contribution in [0.4, 0.5) is 4.39 Å². The minimum atomic E-state index is -0.634. The number of nitrogens with one attached hydrogen (secondary N) is 1. The average molecular weight is 197 g/mol. The first-order valence-corrected chi connectivity index (χ1v) is 4.80. The molecule has 0 fully saturated rings. The number of halogens is 1. The first-order chi connectivity index (χ1) is 6.65. The van der Waals surface area contributed by atoms with Crippen LogP contribution in [0.2, 0.25) is 0 Å². The topological polar surface area (TPSA) is 32.3 Å². The van der Waals surface area contributed by atoms with Crippen LogP contribution < -0.4 is 5.32 Å². The molecule has 1 unspecified atom stereocenters. The van der Waals surface area contributed by atoms with E-state index in [2.05, 4.69) is 5.32 Å². The van der Waals surface area contributed by atoms with E-state index in [4.69, 9.17) is 0 Å². The van der Waals surface area contributed by atoms with E-state index in [9.17, 15) is 9.50 Å². The van der Waals surface area contributed by atoms with Gasteiger partial charge in [-0.3, -0.25) is 0 Å². The van der Waals surface area contributed by atoms with Gasteiger partial charge in [-0.15, -0.1) is 0 Å². The summed E-state index contributed by atoms with van der Waals surface area (Å²) in [7, 11) is 0. The molecule has 3 heteroatoms. The van der Waals surface area contributed by atoms with Crippen molar-refractivity contribution in [3.63, 3.8) is 0 Å². The minimum Gasteiger partial charge on any atom is -0.387 e. The van der Waals surface area contributed by atoms with Crippen molar-refractivity contribution in [2.75, 3.05) is 13.1 Å². The van der Waals surface area contributed by atoms with Crippen LogP contribution in [0.3, 0.4) is 0 Å². The van der Waals surface area contributed by atoms with Gasteiger partial charge in [-0.05, 0) is 30.7 Å². The molecule has 0 saturated heterocycles. The van der Waals surface area contributed by atoms with Gasteiger partial charge >= 0.3 is 0 Å². The molecule has 1 aromatic rings. The maximum absolute atomic E-state index is 13.1. The van der Waals surface area contributed by atoms with Crippen LogP contribution in [0, 0.1) is 12.7 Å². The predicted octanol–water partition coefficient (Wildman–Crippen LogP) is 1.78. The van der Waals surface area contributed by atoms with Crippen molar-refractivity contribution in [3.05, 3.63) is 35.1 Å². The van der Waals surface area contributed by atoms with Gasteiger partial charge in [-0.2, -0.15) is 0 Å². The quantitative estimate of drug-likeness (QED) is 0.771. The molecular formula is C11H16FNO. The van der Waals surface area contributed by atoms with E-state index in [1.54, 1.807) is 19.1 Å². The summed E-state index contributed by atoms with van der Waals surface area (Å²) in [6.07, 6.45) is -0.634. The summed E-state index contributed by atoms with van der Waals surface area (Å²) < 4.78 is 13.1. The highest BCUT2D eigenvalue weighted by molar-refractivity contribution is 5.25. The van der Waals surface area contributed by atoms with Gasteiger partial charge in [0.05, 0.1) is 6.10 Å². The molecule has 78 valence electrons. The predicted molar refractivity (Wildman–Crippen MR) is 54.6 cm³/mol. The summed E-state index contributed by atoms with van der Waals surface area (Å²) in [6, 6.07) is 4.82. The number of rotatable bonds is 4. The second-order valence-corrected chi connectivity index (χ2v) is 3.33. The highest BCUT2D eigenvalue weighted by atomic mass is 19.1. The third kappa shape index (κ3) is 2.79. The lowest BCUT2D eigenvalue weighted by atomic mass is 10.1. The van der Waals surface area contributed by atoms with E-state index in [0.717, 1.165) is 6.54 Å². The maximum Gasteiger partial charge on any atom is 0.126 e. The number of likely N-dealkylation sites (N-methyl/N-ethyl adjacent to an activating group) is 1. The Balaban J connectivity index is 2.70. The van der Waals surface area contributed by atoms with Crippen LogP contribution in [-0.4, -0.2) is 18.2 Å². The lowest BCUT2D eigenvalue weighted by Gasteiger charge is -2.11. The van der Waals surface area contributed by atoms with E-state index in [0.29, 0.717) is 17.7 Å². The number of aryl methyl sites for hydroxylation is 1. The number of aliphatic hydroxyl groups is 1. The fourth-order valence-corrected chi connectivity index (χ4v) is 1.22. The summed E-state index contributed by atoms with van der Waals surface area (Å²) in [5.41, 5.74) is 1.22.